The Hall–Kier alpha value is -1.14. The maximum absolute atomic E-state index is 10.5. The summed E-state index contributed by atoms with van der Waals surface area (Å²) in [5.74, 6) is -2.18. The van der Waals surface area contributed by atoms with Gasteiger partial charge in [-0.25, -0.2) is 9.59 Å². The Labute approximate surface area is 68.7 Å². The van der Waals surface area contributed by atoms with Crippen LogP contribution in [-0.2, 0) is 19.1 Å². The third-order valence-electron chi connectivity index (χ3n) is 1.18. The molecule has 0 bridgehead atoms. The molecule has 1 unspecified atom stereocenters. The van der Waals surface area contributed by atoms with E-state index >= 15 is 0 Å². The minimum atomic E-state index is -1.90. The third-order valence-corrected chi connectivity index (χ3v) is 1.18. The van der Waals surface area contributed by atoms with Gasteiger partial charge in [0.25, 0.3) is 0 Å². The summed E-state index contributed by atoms with van der Waals surface area (Å²) in [6.45, 7) is 0. The Morgan fingerprint density at radius 2 is 1.25 bits per heavy atom. The molecule has 0 aliphatic heterocycles. The Balaban J connectivity index is 4.18. The minimum Gasteiger partial charge on any atom is -0.467 e. The fourth-order valence-corrected chi connectivity index (χ4v) is 0.499. The molecule has 0 aromatic carbocycles. The lowest BCUT2D eigenvalue weighted by Crippen LogP contribution is -2.40. The van der Waals surface area contributed by atoms with Crippen molar-refractivity contribution in [3.8, 4) is 0 Å². The zero-order valence-corrected chi connectivity index (χ0v) is 6.68. The molecule has 70 valence electrons. The first kappa shape index (κ1) is 10.9. The van der Waals surface area contributed by atoms with Crippen molar-refractivity contribution in [2.75, 3.05) is 14.2 Å². The SMILES string of the molecule is COC(=O)C(O)[C@@H](O)C(=O)OC. The molecule has 0 spiro atoms. The van der Waals surface area contributed by atoms with Gasteiger partial charge in [-0.05, 0) is 0 Å². The summed E-state index contributed by atoms with van der Waals surface area (Å²) in [6, 6.07) is 0. The molecule has 0 heterocycles. The average molecular weight is 178 g/mol. The molecule has 12 heavy (non-hydrogen) atoms. The van der Waals surface area contributed by atoms with Crippen LogP contribution in [-0.4, -0.2) is 48.6 Å². The Morgan fingerprint density at radius 1 is 1.00 bits per heavy atom. The summed E-state index contributed by atoms with van der Waals surface area (Å²) >= 11 is 0. The maximum atomic E-state index is 10.5. The van der Waals surface area contributed by atoms with Crippen molar-refractivity contribution < 1.29 is 29.3 Å². The van der Waals surface area contributed by atoms with E-state index in [-0.39, 0.29) is 0 Å². The van der Waals surface area contributed by atoms with Crippen LogP contribution in [0.2, 0.25) is 0 Å². The van der Waals surface area contributed by atoms with Gasteiger partial charge >= 0.3 is 11.9 Å². The predicted octanol–water partition coefficient (Wildman–Crippen LogP) is -1.95. The van der Waals surface area contributed by atoms with Crippen LogP contribution in [0.4, 0.5) is 0 Å². The van der Waals surface area contributed by atoms with Crippen LogP contribution in [0.25, 0.3) is 0 Å². The van der Waals surface area contributed by atoms with Crippen LogP contribution in [0.3, 0.4) is 0 Å². The molecule has 2 N–H and O–H groups in total. The maximum Gasteiger partial charge on any atom is 0.338 e. The second-order valence-electron chi connectivity index (χ2n) is 1.94. The molecule has 0 aliphatic carbocycles. The number of hydrogen-bond acceptors (Lipinski definition) is 6. The van der Waals surface area contributed by atoms with E-state index in [1.807, 2.05) is 0 Å². The summed E-state index contributed by atoms with van der Waals surface area (Å²) in [6.07, 6.45) is -3.80. The van der Waals surface area contributed by atoms with Crippen molar-refractivity contribution in [2.45, 2.75) is 12.2 Å². The van der Waals surface area contributed by atoms with E-state index in [4.69, 9.17) is 10.2 Å². The molecule has 0 saturated heterocycles. The summed E-state index contributed by atoms with van der Waals surface area (Å²) in [7, 11) is 2.05. The van der Waals surface area contributed by atoms with Gasteiger partial charge < -0.3 is 19.7 Å². The van der Waals surface area contributed by atoms with Crippen molar-refractivity contribution in [3.63, 3.8) is 0 Å². The van der Waals surface area contributed by atoms with Gasteiger partial charge in [-0.1, -0.05) is 0 Å². The highest BCUT2D eigenvalue weighted by Gasteiger charge is 2.31. The molecule has 0 saturated carbocycles. The summed E-state index contributed by atoms with van der Waals surface area (Å²) in [5, 5.41) is 17.7. The van der Waals surface area contributed by atoms with E-state index in [1.165, 1.54) is 0 Å². The molecule has 0 amide bonds. The van der Waals surface area contributed by atoms with Crippen LogP contribution < -0.4 is 0 Å². The van der Waals surface area contributed by atoms with E-state index < -0.39 is 24.1 Å². The zero-order valence-electron chi connectivity index (χ0n) is 6.68. The lowest BCUT2D eigenvalue weighted by atomic mass is 10.2. The molecule has 2 atom stereocenters. The highest BCUT2D eigenvalue weighted by Crippen LogP contribution is 1.97. The number of rotatable bonds is 3. The number of hydrogen-bond donors (Lipinski definition) is 2. The van der Waals surface area contributed by atoms with Crippen molar-refractivity contribution in [1.29, 1.82) is 0 Å². The third kappa shape index (κ3) is 2.48. The first-order chi connectivity index (χ1) is 5.54. The van der Waals surface area contributed by atoms with Gasteiger partial charge in [0.15, 0.2) is 12.2 Å². The molecule has 0 rings (SSSR count). The Morgan fingerprint density at radius 3 is 1.42 bits per heavy atom. The topological polar surface area (TPSA) is 93.1 Å². The van der Waals surface area contributed by atoms with Crippen LogP contribution in [0, 0.1) is 0 Å². The second kappa shape index (κ2) is 4.68. The fraction of sp³-hybridized carbons (Fsp3) is 0.667. The molecule has 0 fully saturated rings. The van der Waals surface area contributed by atoms with Crippen LogP contribution >= 0.6 is 0 Å². The largest absolute Gasteiger partial charge is 0.467 e. The number of aliphatic hydroxyl groups is 2. The van der Waals surface area contributed by atoms with Gasteiger partial charge in [-0.15, -0.1) is 0 Å². The first-order valence-corrected chi connectivity index (χ1v) is 3.06. The average Bonchev–Trinajstić information content (AvgIpc) is 2.12. The van der Waals surface area contributed by atoms with Gasteiger partial charge in [0.1, 0.15) is 0 Å². The molecule has 6 heteroatoms. The van der Waals surface area contributed by atoms with E-state index in [2.05, 4.69) is 9.47 Å². The number of carbonyl (C=O) groups excluding carboxylic acids is 2. The number of methoxy groups -OCH3 is 2. The molecule has 6 nitrogen and oxygen atoms in total. The van der Waals surface area contributed by atoms with Gasteiger partial charge in [-0.3, -0.25) is 0 Å². The standard InChI is InChI=1S/C6H10O6/c1-11-5(9)3(7)4(8)6(10)12-2/h3-4,7-8H,1-2H3/t3-,4?/m1/s1. The Kier molecular flexibility index (Phi) is 4.24. The first-order valence-electron chi connectivity index (χ1n) is 3.06. The molecule has 0 aromatic heterocycles. The van der Waals surface area contributed by atoms with Gasteiger partial charge in [0.2, 0.25) is 0 Å². The van der Waals surface area contributed by atoms with Crippen LogP contribution in [0.1, 0.15) is 0 Å². The molecular weight excluding hydrogens is 168 g/mol. The van der Waals surface area contributed by atoms with Gasteiger partial charge in [0, 0.05) is 0 Å². The van der Waals surface area contributed by atoms with Crippen LogP contribution in [0.5, 0.6) is 0 Å². The van der Waals surface area contributed by atoms with E-state index in [0.717, 1.165) is 14.2 Å². The Bertz CT molecular complexity index is 157. The zero-order chi connectivity index (χ0) is 9.72. The van der Waals surface area contributed by atoms with Gasteiger partial charge in [-0.2, -0.15) is 0 Å². The highest BCUT2D eigenvalue weighted by atomic mass is 16.6. The van der Waals surface area contributed by atoms with Crippen molar-refractivity contribution in [3.05, 3.63) is 0 Å². The van der Waals surface area contributed by atoms with E-state index in [9.17, 15) is 9.59 Å². The predicted molar refractivity (Wildman–Crippen MR) is 36.0 cm³/mol. The monoisotopic (exact) mass is 178 g/mol. The lowest BCUT2D eigenvalue weighted by molar-refractivity contribution is -0.169. The molecule has 0 aliphatic rings. The summed E-state index contributed by atoms with van der Waals surface area (Å²) < 4.78 is 8.14. The number of carbonyl (C=O) groups is 2. The highest BCUT2D eigenvalue weighted by molar-refractivity contribution is 5.85. The quantitative estimate of drug-likeness (QED) is 0.488. The minimum absolute atomic E-state index is 1.02. The van der Waals surface area contributed by atoms with Crippen LogP contribution in [0.15, 0.2) is 0 Å². The summed E-state index contributed by atoms with van der Waals surface area (Å²) in [4.78, 5) is 21.1. The van der Waals surface area contributed by atoms with E-state index in [0.29, 0.717) is 0 Å². The van der Waals surface area contributed by atoms with Crippen molar-refractivity contribution in [1.82, 2.24) is 0 Å². The normalized spacial score (nSPS) is 14.7. The lowest BCUT2D eigenvalue weighted by Gasteiger charge is -2.12. The van der Waals surface area contributed by atoms with Gasteiger partial charge in [0.05, 0.1) is 14.2 Å². The molecule has 0 radical (unpaired) electrons. The number of esters is 2. The smallest absolute Gasteiger partial charge is 0.338 e. The van der Waals surface area contributed by atoms with E-state index in [1.54, 1.807) is 0 Å². The number of aliphatic hydroxyl groups excluding tert-OH is 2. The second-order valence-corrected chi connectivity index (χ2v) is 1.94. The summed E-state index contributed by atoms with van der Waals surface area (Å²) in [5.41, 5.74) is 0. The number of ether oxygens (including phenoxy) is 2. The fourth-order valence-electron chi connectivity index (χ4n) is 0.499. The molecule has 0 aromatic rings. The molecular formula is C6H10O6. The van der Waals surface area contributed by atoms with Crippen molar-refractivity contribution in [2.24, 2.45) is 0 Å². The van der Waals surface area contributed by atoms with Crippen molar-refractivity contribution >= 4 is 11.9 Å².